The molecule has 10 nitrogen and oxygen atoms in total. The van der Waals surface area contributed by atoms with Gasteiger partial charge in [0.15, 0.2) is 0 Å². The van der Waals surface area contributed by atoms with E-state index in [1.54, 1.807) is 27.1 Å². The molecule has 4 aromatic rings. The maximum Gasteiger partial charge on any atom is 0.313 e. The highest BCUT2D eigenvalue weighted by molar-refractivity contribution is 7.16. The van der Waals surface area contributed by atoms with Crippen molar-refractivity contribution in [3.8, 4) is 0 Å². The molecule has 39 heavy (non-hydrogen) atoms. The third kappa shape index (κ3) is 5.97. The third-order valence-electron chi connectivity index (χ3n) is 7.17. The Hall–Kier alpha value is -3.35. The summed E-state index contributed by atoms with van der Waals surface area (Å²) in [5, 5.41) is 7.79. The van der Waals surface area contributed by atoms with E-state index in [1.807, 2.05) is 23.7 Å². The molecule has 5 rings (SSSR count). The zero-order valence-electron chi connectivity index (χ0n) is 22.8. The van der Waals surface area contributed by atoms with Crippen molar-refractivity contribution in [1.29, 1.82) is 0 Å². The molecule has 2 atom stereocenters. The van der Waals surface area contributed by atoms with Gasteiger partial charge in [-0.05, 0) is 42.5 Å². The van der Waals surface area contributed by atoms with Crippen molar-refractivity contribution in [2.24, 2.45) is 5.92 Å². The van der Waals surface area contributed by atoms with E-state index in [0.29, 0.717) is 35.7 Å². The van der Waals surface area contributed by atoms with Gasteiger partial charge in [-0.1, -0.05) is 32.6 Å². The summed E-state index contributed by atoms with van der Waals surface area (Å²) in [7, 11) is -1.21. The summed E-state index contributed by atoms with van der Waals surface area (Å²) in [4.78, 5) is 37.2. The summed E-state index contributed by atoms with van der Waals surface area (Å²) in [6, 6.07) is 6.94. The van der Waals surface area contributed by atoms with E-state index in [-0.39, 0.29) is 18.6 Å². The number of carbonyl (C=O) groups excluding carboxylic acids is 2. The Morgan fingerprint density at radius 2 is 2.03 bits per heavy atom. The van der Waals surface area contributed by atoms with Gasteiger partial charge in [0.1, 0.15) is 18.1 Å². The van der Waals surface area contributed by atoms with Gasteiger partial charge in [0, 0.05) is 26.6 Å². The third-order valence-corrected chi connectivity index (χ3v) is 9.69. The zero-order chi connectivity index (χ0) is 27.7. The summed E-state index contributed by atoms with van der Waals surface area (Å²) in [5.74, 6) is -0.708. The number of nitrogens with one attached hydrogen (secondary N) is 1. The van der Waals surface area contributed by atoms with Crippen LogP contribution in [-0.2, 0) is 21.1 Å². The van der Waals surface area contributed by atoms with Gasteiger partial charge >= 0.3 is 11.8 Å². The number of ether oxygens (including phenoxy) is 1. The summed E-state index contributed by atoms with van der Waals surface area (Å²) < 4.78 is 8.57. The Labute approximate surface area is 232 Å². The predicted molar refractivity (Wildman–Crippen MR) is 157 cm³/mol. The molecule has 0 saturated carbocycles. The van der Waals surface area contributed by atoms with E-state index in [9.17, 15) is 9.59 Å². The van der Waals surface area contributed by atoms with Crippen molar-refractivity contribution in [2.75, 3.05) is 24.2 Å². The Kier molecular flexibility index (Phi) is 7.70. The first-order valence-corrected chi connectivity index (χ1v) is 17.8. The highest BCUT2D eigenvalue weighted by Gasteiger charge is 2.34. The van der Waals surface area contributed by atoms with Gasteiger partial charge in [-0.3, -0.25) is 9.59 Å². The topological polar surface area (TPSA) is 128 Å². The van der Waals surface area contributed by atoms with Crippen LogP contribution in [0.1, 0.15) is 31.4 Å². The second kappa shape index (κ2) is 11.0. The smallest absolute Gasteiger partial charge is 0.313 e. The molecular weight excluding hydrogens is 530 g/mol. The molecule has 2 amide bonds. The first-order chi connectivity index (χ1) is 18.6. The molecule has 3 N–H and O–H groups in total. The van der Waals surface area contributed by atoms with Crippen molar-refractivity contribution in [2.45, 2.75) is 58.2 Å². The van der Waals surface area contributed by atoms with Crippen molar-refractivity contribution in [3.05, 3.63) is 41.7 Å². The lowest BCUT2D eigenvalue weighted by molar-refractivity contribution is -0.146. The van der Waals surface area contributed by atoms with Crippen LogP contribution in [0.5, 0.6) is 0 Å². The zero-order valence-corrected chi connectivity index (χ0v) is 24.6. The van der Waals surface area contributed by atoms with Gasteiger partial charge in [0.05, 0.1) is 39.9 Å². The number of hydrogen-bond acceptors (Lipinski definition) is 8. The van der Waals surface area contributed by atoms with E-state index in [0.717, 1.165) is 34.7 Å². The molecule has 0 aliphatic carbocycles. The Bertz CT molecular complexity index is 1510. The molecule has 3 aromatic heterocycles. The minimum absolute atomic E-state index is 0.189. The molecule has 0 radical (unpaired) electrons. The number of anilines is 2. The molecule has 206 valence electrons. The van der Waals surface area contributed by atoms with Crippen LogP contribution in [0.25, 0.3) is 21.1 Å². The maximum atomic E-state index is 13.5. The minimum Gasteiger partial charge on any atom is -0.382 e. The molecule has 1 fully saturated rings. The van der Waals surface area contributed by atoms with E-state index in [2.05, 4.69) is 46.9 Å². The van der Waals surface area contributed by atoms with Gasteiger partial charge in [0.2, 0.25) is 0 Å². The fraction of sp³-hybridized carbons (Fsp3) is 0.444. The van der Waals surface area contributed by atoms with Crippen molar-refractivity contribution in [3.63, 3.8) is 0 Å². The number of nitrogens with two attached hydrogens (primary N) is 1. The van der Waals surface area contributed by atoms with Crippen LogP contribution in [0.2, 0.25) is 25.7 Å². The normalized spacial score (nSPS) is 18.1. The second-order valence-electron chi connectivity index (χ2n) is 11.5. The lowest BCUT2D eigenvalue weighted by Crippen LogP contribution is -2.46. The van der Waals surface area contributed by atoms with Crippen LogP contribution in [0.15, 0.2) is 36.1 Å². The monoisotopic (exact) mass is 565 g/mol. The lowest BCUT2D eigenvalue weighted by atomic mass is 9.89. The molecule has 0 unspecified atom stereocenters. The largest absolute Gasteiger partial charge is 0.382 e. The summed E-state index contributed by atoms with van der Waals surface area (Å²) in [6.45, 7) is 10.4. The molecule has 1 aliphatic rings. The molecule has 0 bridgehead atoms. The molecular formula is C27H35N7O3SSi. The van der Waals surface area contributed by atoms with Crippen LogP contribution in [0.4, 0.5) is 11.5 Å². The predicted octanol–water partition coefficient (Wildman–Crippen LogP) is 4.87. The number of nitrogen functional groups attached to an aromatic ring is 1. The number of aromatic nitrogens is 4. The minimum atomic E-state index is -1.21. The van der Waals surface area contributed by atoms with Crippen LogP contribution < -0.4 is 11.1 Å². The fourth-order valence-corrected chi connectivity index (χ4v) is 6.37. The SMILES string of the molecule is C[C@H]1CC[C@H](c2ccc3scnc3c2)N(C(=O)C(=O)Nc2cnc(N)c3c2cnn3COCC[Si](C)(C)C)C1. The molecule has 12 heteroatoms. The van der Waals surface area contributed by atoms with Gasteiger partial charge in [-0.2, -0.15) is 5.10 Å². The highest BCUT2D eigenvalue weighted by atomic mass is 32.1. The molecule has 1 saturated heterocycles. The number of nitrogens with zero attached hydrogens (tertiary/aromatic N) is 5. The number of thiazole rings is 1. The molecule has 4 heterocycles. The number of piperidine rings is 1. The fourth-order valence-electron chi connectivity index (χ4n) is 4.96. The average molecular weight is 566 g/mol. The van der Waals surface area contributed by atoms with Crippen molar-refractivity contribution in [1.82, 2.24) is 24.6 Å². The number of hydrogen-bond donors (Lipinski definition) is 2. The first-order valence-electron chi connectivity index (χ1n) is 13.2. The van der Waals surface area contributed by atoms with E-state index < -0.39 is 19.9 Å². The lowest BCUT2D eigenvalue weighted by Gasteiger charge is -2.38. The summed E-state index contributed by atoms with van der Waals surface area (Å²) in [5.41, 5.74) is 10.8. The van der Waals surface area contributed by atoms with Crippen molar-refractivity contribution < 1.29 is 14.3 Å². The first kappa shape index (κ1) is 27.2. The van der Waals surface area contributed by atoms with Crippen LogP contribution in [0, 0.1) is 5.92 Å². The number of amides is 2. The van der Waals surface area contributed by atoms with Gasteiger partial charge in [-0.15, -0.1) is 11.3 Å². The maximum absolute atomic E-state index is 13.5. The number of likely N-dealkylation sites (tertiary alicyclic amines) is 1. The standard InChI is InChI=1S/C27H35N7O3SSi/c1-17-5-7-22(18-6-8-23-20(11-18)30-15-38-23)33(14-17)27(36)26(35)32-21-13-29-25(28)24-19(21)12-31-34(24)16-37-9-10-39(2,3)4/h6,8,11-13,15,17,22H,5,7,9-10,14,16H2,1-4H3,(H2,28,29)(H,32,35)/t17-,22+/m0/s1. The number of pyridine rings is 1. The summed E-state index contributed by atoms with van der Waals surface area (Å²) >= 11 is 1.58. The van der Waals surface area contributed by atoms with Gasteiger partial charge in [-0.25, -0.2) is 14.6 Å². The summed E-state index contributed by atoms with van der Waals surface area (Å²) in [6.07, 6.45) is 4.85. The van der Waals surface area contributed by atoms with Gasteiger partial charge < -0.3 is 20.7 Å². The van der Waals surface area contributed by atoms with Crippen LogP contribution in [-0.4, -0.2) is 57.7 Å². The van der Waals surface area contributed by atoms with E-state index in [1.165, 1.54) is 6.20 Å². The molecule has 0 spiro atoms. The van der Waals surface area contributed by atoms with E-state index in [4.69, 9.17) is 10.5 Å². The Morgan fingerprint density at radius 1 is 1.21 bits per heavy atom. The Balaban J connectivity index is 1.33. The number of benzene rings is 1. The van der Waals surface area contributed by atoms with Crippen LogP contribution >= 0.6 is 11.3 Å². The van der Waals surface area contributed by atoms with E-state index >= 15 is 0 Å². The average Bonchev–Trinajstić information content (AvgIpc) is 3.54. The molecule has 1 aromatic carbocycles. The van der Waals surface area contributed by atoms with Crippen molar-refractivity contribution >= 4 is 63.8 Å². The number of fused-ring (bicyclic) bond motifs is 2. The second-order valence-corrected chi connectivity index (χ2v) is 18.0. The number of carbonyl (C=O) groups is 2. The Morgan fingerprint density at radius 3 is 2.82 bits per heavy atom. The quantitative estimate of drug-likeness (QED) is 0.186. The molecule has 1 aliphatic heterocycles. The van der Waals surface area contributed by atoms with Gasteiger partial charge in [0.25, 0.3) is 0 Å². The highest BCUT2D eigenvalue weighted by Crippen LogP contribution is 2.35. The number of rotatable bonds is 7. The van der Waals surface area contributed by atoms with Crippen LogP contribution in [0.3, 0.4) is 0 Å².